The maximum Gasteiger partial charge on any atom is 0.573 e. The third-order valence-electron chi connectivity index (χ3n) is 6.20. The van der Waals surface area contributed by atoms with Crippen molar-refractivity contribution in [3.05, 3.63) is 71.7 Å². The van der Waals surface area contributed by atoms with Crippen LogP contribution in [0.1, 0.15) is 17.0 Å². The molecule has 1 saturated heterocycles. The van der Waals surface area contributed by atoms with Gasteiger partial charge >= 0.3 is 6.36 Å². The molecule has 0 amide bonds. The van der Waals surface area contributed by atoms with Crippen LogP contribution in [0.2, 0.25) is 0 Å². The number of halogens is 3. The van der Waals surface area contributed by atoms with Crippen LogP contribution >= 0.6 is 0 Å². The lowest BCUT2D eigenvalue weighted by Gasteiger charge is -2.34. The predicted molar refractivity (Wildman–Crippen MR) is 131 cm³/mol. The summed E-state index contributed by atoms with van der Waals surface area (Å²) in [5, 5.41) is 3.95. The van der Waals surface area contributed by atoms with Crippen molar-refractivity contribution in [3.63, 3.8) is 0 Å². The summed E-state index contributed by atoms with van der Waals surface area (Å²) in [7, 11) is 2.14. The van der Waals surface area contributed by atoms with Crippen LogP contribution in [0.25, 0.3) is 23.0 Å². The molecule has 4 aromatic rings. The first-order valence-corrected chi connectivity index (χ1v) is 11.8. The maximum absolute atomic E-state index is 12.4. The average molecular weight is 511 g/mol. The minimum atomic E-state index is -4.76. The van der Waals surface area contributed by atoms with Crippen molar-refractivity contribution in [3.8, 4) is 28.7 Å². The van der Waals surface area contributed by atoms with E-state index in [1.165, 1.54) is 30.0 Å². The van der Waals surface area contributed by atoms with Gasteiger partial charge in [0.2, 0.25) is 5.82 Å². The highest BCUT2D eigenvalue weighted by atomic mass is 19.4. The Labute approximate surface area is 211 Å². The van der Waals surface area contributed by atoms with E-state index in [0.29, 0.717) is 17.7 Å². The van der Waals surface area contributed by atoms with Crippen molar-refractivity contribution in [1.82, 2.24) is 25.0 Å². The van der Waals surface area contributed by atoms with Gasteiger partial charge in [-0.2, -0.15) is 4.98 Å². The van der Waals surface area contributed by atoms with Gasteiger partial charge in [-0.15, -0.1) is 13.2 Å². The maximum atomic E-state index is 12.4. The Morgan fingerprint density at radius 2 is 1.76 bits per heavy atom. The molecule has 2 aromatic carbocycles. The Bertz CT molecular complexity index is 1370. The number of aryl methyl sites for hydroxylation is 1. The highest BCUT2D eigenvalue weighted by Crippen LogP contribution is 2.27. The van der Waals surface area contributed by atoms with Gasteiger partial charge in [-0.05, 0) is 55.9 Å². The van der Waals surface area contributed by atoms with Gasteiger partial charge in [0.15, 0.2) is 0 Å². The van der Waals surface area contributed by atoms with Gasteiger partial charge in [-0.3, -0.25) is 4.98 Å². The number of hydrogen-bond acceptors (Lipinski definition) is 8. The molecule has 5 rings (SSSR count). The molecule has 8 nitrogen and oxygen atoms in total. The number of nitrogens with zero attached hydrogens (tertiary/aromatic N) is 6. The fourth-order valence-electron chi connectivity index (χ4n) is 4.13. The van der Waals surface area contributed by atoms with Crippen molar-refractivity contribution in [1.29, 1.82) is 0 Å². The standard InChI is InChI=1S/C26H25F3N6O2/c1-17-22(15-18-4-3-5-20(14-18)35-12-10-34(2)11-13-35)31-23(16-30-17)25-32-24(33-37-25)19-6-8-21(9-7-19)36-26(27,28)29/h3-9,14,16H,10-13,15H2,1-2H3. The van der Waals surface area contributed by atoms with E-state index in [1.54, 1.807) is 6.20 Å². The summed E-state index contributed by atoms with van der Waals surface area (Å²) in [5.41, 5.74) is 4.81. The van der Waals surface area contributed by atoms with E-state index in [0.717, 1.165) is 43.1 Å². The van der Waals surface area contributed by atoms with Gasteiger partial charge in [-0.1, -0.05) is 17.3 Å². The molecule has 0 atom stereocenters. The highest BCUT2D eigenvalue weighted by molar-refractivity contribution is 5.58. The van der Waals surface area contributed by atoms with Crippen LogP contribution in [-0.2, 0) is 6.42 Å². The van der Waals surface area contributed by atoms with Gasteiger partial charge in [-0.25, -0.2) is 4.98 Å². The van der Waals surface area contributed by atoms with Gasteiger partial charge in [0.05, 0.1) is 17.6 Å². The van der Waals surface area contributed by atoms with Crippen molar-refractivity contribution in [2.75, 3.05) is 38.1 Å². The van der Waals surface area contributed by atoms with E-state index >= 15 is 0 Å². The fraction of sp³-hybridized carbons (Fsp3) is 0.308. The Morgan fingerprint density at radius 3 is 2.49 bits per heavy atom. The molecule has 1 aliphatic rings. The minimum Gasteiger partial charge on any atom is -0.406 e. The van der Waals surface area contributed by atoms with Crippen LogP contribution in [0, 0.1) is 6.92 Å². The highest BCUT2D eigenvalue weighted by Gasteiger charge is 2.31. The molecule has 11 heteroatoms. The van der Waals surface area contributed by atoms with Crippen LogP contribution in [0.3, 0.4) is 0 Å². The van der Waals surface area contributed by atoms with Crippen LogP contribution < -0.4 is 9.64 Å². The molecule has 3 heterocycles. The van der Waals surface area contributed by atoms with Gasteiger partial charge in [0.1, 0.15) is 11.4 Å². The second-order valence-electron chi connectivity index (χ2n) is 8.92. The lowest BCUT2D eigenvalue weighted by molar-refractivity contribution is -0.274. The van der Waals surface area contributed by atoms with E-state index in [1.807, 2.05) is 6.92 Å². The Hall–Kier alpha value is -3.99. The number of alkyl halides is 3. The molecule has 0 aliphatic carbocycles. The first-order valence-electron chi connectivity index (χ1n) is 11.8. The number of anilines is 1. The third kappa shape index (κ3) is 6.05. The molecule has 1 aliphatic heterocycles. The van der Waals surface area contributed by atoms with Crippen molar-refractivity contribution in [2.45, 2.75) is 19.7 Å². The first-order chi connectivity index (χ1) is 17.7. The number of benzene rings is 2. The average Bonchev–Trinajstić information content (AvgIpc) is 3.36. The number of aromatic nitrogens is 4. The summed E-state index contributed by atoms with van der Waals surface area (Å²) in [6, 6.07) is 13.7. The second-order valence-corrected chi connectivity index (χ2v) is 8.92. The van der Waals surface area contributed by atoms with E-state index in [4.69, 9.17) is 9.51 Å². The molecule has 37 heavy (non-hydrogen) atoms. The molecule has 0 bridgehead atoms. The molecule has 2 aromatic heterocycles. The topological polar surface area (TPSA) is 80.4 Å². The quantitative estimate of drug-likeness (QED) is 0.368. The summed E-state index contributed by atoms with van der Waals surface area (Å²) in [4.78, 5) is 18.3. The molecule has 0 unspecified atom stereocenters. The van der Waals surface area contributed by atoms with Crippen LogP contribution in [0.4, 0.5) is 18.9 Å². The molecule has 1 fully saturated rings. The zero-order valence-corrected chi connectivity index (χ0v) is 20.4. The SMILES string of the molecule is Cc1ncc(-c2nc(-c3ccc(OC(F)(F)F)cc3)no2)nc1Cc1cccc(N2CCN(C)CC2)c1. The van der Waals surface area contributed by atoms with Crippen molar-refractivity contribution < 1.29 is 22.4 Å². The zero-order valence-electron chi connectivity index (χ0n) is 20.4. The lowest BCUT2D eigenvalue weighted by atomic mass is 10.1. The van der Waals surface area contributed by atoms with Crippen LogP contribution in [-0.4, -0.2) is 64.6 Å². The minimum absolute atomic E-state index is 0.172. The first kappa shape index (κ1) is 24.7. The molecular formula is C26H25F3N6O2. The van der Waals surface area contributed by atoms with E-state index in [-0.39, 0.29) is 17.5 Å². The summed E-state index contributed by atoms with van der Waals surface area (Å²) in [5.74, 6) is 0.0635. The fourth-order valence-corrected chi connectivity index (χ4v) is 4.13. The summed E-state index contributed by atoms with van der Waals surface area (Å²) in [6.07, 6.45) is -2.60. The van der Waals surface area contributed by atoms with Crippen molar-refractivity contribution >= 4 is 5.69 Å². The van der Waals surface area contributed by atoms with Crippen LogP contribution in [0.15, 0.2) is 59.3 Å². The van der Waals surface area contributed by atoms with Gasteiger partial charge < -0.3 is 19.1 Å². The van der Waals surface area contributed by atoms with Gasteiger partial charge in [0.25, 0.3) is 5.89 Å². The number of piperazine rings is 1. The van der Waals surface area contributed by atoms with E-state index in [2.05, 4.69) is 61.0 Å². The normalized spacial score (nSPS) is 14.7. The van der Waals surface area contributed by atoms with Gasteiger partial charge in [0, 0.05) is 43.9 Å². The molecule has 0 radical (unpaired) electrons. The smallest absolute Gasteiger partial charge is 0.406 e. The molecule has 0 N–H and O–H groups in total. The largest absolute Gasteiger partial charge is 0.573 e. The number of hydrogen-bond donors (Lipinski definition) is 0. The van der Waals surface area contributed by atoms with E-state index in [9.17, 15) is 13.2 Å². The molecular weight excluding hydrogens is 485 g/mol. The predicted octanol–water partition coefficient (Wildman–Crippen LogP) is 4.74. The van der Waals surface area contributed by atoms with Crippen molar-refractivity contribution in [2.24, 2.45) is 0 Å². The molecule has 0 spiro atoms. The van der Waals surface area contributed by atoms with Crippen LogP contribution in [0.5, 0.6) is 5.75 Å². The third-order valence-corrected chi connectivity index (χ3v) is 6.20. The summed E-state index contributed by atoms with van der Waals surface area (Å²) < 4.78 is 46.5. The lowest BCUT2D eigenvalue weighted by Crippen LogP contribution is -2.44. The summed E-state index contributed by atoms with van der Waals surface area (Å²) >= 11 is 0. The molecule has 192 valence electrons. The Balaban J connectivity index is 1.32. The molecule has 0 saturated carbocycles. The Kier molecular flexibility index (Phi) is 6.79. The number of rotatable bonds is 6. The Morgan fingerprint density at radius 1 is 1.00 bits per heavy atom. The summed E-state index contributed by atoms with van der Waals surface area (Å²) in [6.45, 7) is 5.96. The monoisotopic (exact) mass is 510 g/mol. The zero-order chi connectivity index (χ0) is 26.0. The number of likely N-dealkylation sites (N-methyl/N-ethyl adjacent to an activating group) is 1. The second kappa shape index (κ2) is 10.2. The van der Waals surface area contributed by atoms with E-state index < -0.39 is 6.36 Å². The number of ether oxygens (including phenoxy) is 1.